The third-order valence-electron chi connectivity index (χ3n) is 18.5. The van der Waals surface area contributed by atoms with Crippen molar-refractivity contribution >= 4 is 12.6 Å². The van der Waals surface area contributed by atoms with Crippen molar-refractivity contribution in [1.29, 1.82) is 0 Å². The first-order chi connectivity index (χ1) is 46.2. The predicted molar refractivity (Wildman–Crippen MR) is 371 cm³/mol. The first-order valence-corrected chi connectivity index (χ1v) is 31.4. The summed E-state index contributed by atoms with van der Waals surface area (Å²) < 4.78 is 104. The molecule has 0 N–H and O–H groups in total. The van der Waals surface area contributed by atoms with Crippen LogP contribution >= 0.6 is 0 Å². The molecule has 97 heavy (non-hydrogen) atoms. The second-order valence-corrected chi connectivity index (χ2v) is 25.3. The van der Waals surface area contributed by atoms with E-state index in [2.05, 4.69) is 18.2 Å². The minimum atomic E-state index is -0.938. The van der Waals surface area contributed by atoms with Crippen molar-refractivity contribution in [3.8, 4) is 134 Å². The van der Waals surface area contributed by atoms with E-state index in [4.69, 9.17) is 24.3 Å². The zero-order valence-corrected chi connectivity index (χ0v) is 56.2. The molecule has 14 rings (SSSR count). The molecule has 13 heteroatoms. The van der Waals surface area contributed by atoms with E-state index >= 15 is 13.2 Å². The molecule has 3 aromatic heterocycles. The van der Waals surface area contributed by atoms with Crippen LogP contribution in [-0.4, -0.2) is 33.3 Å². The van der Waals surface area contributed by atoms with Gasteiger partial charge < -0.3 is 24.3 Å². The van der Waals surface area contributed by atoms with Crippen LogP contribution in [-0.2, 0) is 29.4 Å². The Kier molecular flexibility index (Phi) is 17.9. The van der Waals surface area contributed by atoms with Crippen molar-refractivity contribution in [2.45, 2.75) is 59.7 Å². The molecule has 0 unspecified atom stereocenters. The third kappa shape index (κ3) is 13.2. The molecule has 1 saturated heterocycles. The van der Waals surface area contributed by atoms with E-state index in [0.29, 0.717) is 106 Å². The van der Waals surface area contributed by atoms with Gasteiger partial charge in [-0.3, -0.25) is 0 Å². The summed E-state index contributed by atoms with van der Waals surface area (Å²) in [5, 5.41) is 0. The molecule has 0 radical (unpaired) electrons. The number of aryl methyl sites for hydroxylation is 3. The molecule has 0 spiro atoms. The van der Waals surface area contributed by atoms with Crippen LogP contribution in [0.5, 0.6) is 0 Å². The molecular formula is C84H59BF6IrN3O2. The summed E-state index contributed by atoms with van der Waals surface area (Å²) in [4.78, 5) is 14.4. The first kappa shape index (κ1) is 65.5. The monoisotopic (exact) mass is 1460 g/mol. The second-order valence-electron chi connectivity index (χ2n) is 25.3. The average molecular weight is 1460 g/mol. The Balaban J connectivity index is 0.00000849. The third-order valence-corrected chi connectivity index (χ3v) is 18.5. The Morgan fingerprint density at radius 2 is 0.619 bits per heavy atom. The summed E-state index contributed by atoms with van der Waals surface area (Å²) in [7, 11) is -0.938. The Labute approximate surface area is 574 Å². The van der Waals surface area contributed by atoms with Crippen LogP contribution < -0.4 is 5.46 Å². The van der Waals surface area contributed by atoms with Crippen LogP contribution in [0.3, 0.4) is 0 Å². The normalized spacial score (nSPS) is 13.2. The van der Waals surface area contributed by atoms with Gasteiger partial charge in [0.25, 0.3) is 0 Å². The van der Waals surface area contributed by atoms with Gasteiger partial charge in [0.15, 0.2) is 0 Å². The van der Waals surface area contributed by atoms with Gasteiger partial charge in [0.2, 0.25) is 0 Å². The Morgan fingerprint density at radius 1 is 0.299 bits per heavy atom. The average Bonchev–Trinajstić information content (AvgIpc) is 1.71. The number of pyridine rings is 3. The number of halogens is 6. The van der Waals surface area contributed by atoms with E-state index in [1.165, 1.54) is 72.8 Å². The van der Waals surface area contributed by atoms with Crippen molar-refractivity contribution in [2.75, 3.05) is 0 Å². The van der Waals surface area contributed by atoms with Gasteiger partial charge in [-0.1, -0.05) is 94.9 Å². The van der Waals surface area contributed by atoms with Gasteiger partial charge in [-0.15, -0.1) is 83.4 Å². The zero-order valence-electron chi connectivity index (χ0n) is 53.8. The van der Waals surface area contributed by atoms with Crippen LogP contribution in [0.1, 0.15) is 44.4 Å². The molecule has 0 atom stereocenters. The molecule has 1 fully saturated rings. The van der Waals surface area contributed by atoms with E-state index in [1.807, 2.05) is 133 Å². The zero-order chi connectivity index (χ0) is 66.7. The van der Waals surface area contributed by atoms with Crippen molar-refractivity contribution in [3.63, 3.8) is 0 Å². The van der Waals surface area contributed by atoms with Crippen LogP contribution in [0, 0.1) is 73.9 Å². The van der Waals surface area contributed by atoms with E-state index in [0.717, 1.165) is 50.1 Å². The molecule has 13 aromatic rings. The summed E-state index contributed by atoms with van der Waals surface area (Å²) in [5.41, 5.74) is 18.2. The van der Waals surface area contributed by atoms with Crippen molar-refractivity contribution in [3.05, 3.63) is 301 Å². The number of hydrogen-bond acceptors (Lipinski definition) is 5. The van der Waals surface area contributed by atoms with E-state index < -0.39 is 35.8 Å². The number of aromatic nitrogens is 3. The minimum Gasteiger partial charge on any atom is -0.400 e. The van der Waals surface area contributed by atoms with E-state index in [1.54, 1.807) is 73.2 Å². The standard InChI is InChI=1S/C84H59BF6N3O2.Ir/c1-49-36-80(92-46-76(49)54-16-23-63(86)24-17-54)57-12-8-52(9-13-57)73-43-66(89)29-33-69(73)60-39-61(70-34-30-67(90)44-74(70)53-10-14-58(15-11-53)81-37-50(2)77(47-93-81)55-18-25-64(87)26-19-55)41-62(40-60)71-35-31-68(91)45-75(71)72-32-22-59(42-79(72)85-95-83(4,5)84(6,7)96-85)82-38-51(3)78(48-94-82)56-20-27-65(88)28-21-56;/h8-12,14,16-21,23-48H,1-7H3;/q-3;+3. The van der Waals surface area contributed by atoms with Gasteiger partial charge in [0.05, 0.1) is 11.2 Å². The van der Waals surface area contributed by atoms with Gasteiger partial charge in [-0.05, 0) is 240 Å². The quantitative estimate of drug-likeness (QED) is 0.0654. The summed E-state index contributed by atoms with van der Waals surface area (Å²) in [6, 6.07) is 69.9. The fourth-order valence-electron chi connectivity index (χ4n) is 12.6. The Hall–Kier alpha value is -10.1. The summed E-state index contributed by atoms with van der Waals surface area (Å²) >= 11 is 0. The van der Waals surface area contributed by atoms with Crippen molar-refractivity contribution in [1.82, 2.24) is 15.0 Å². The molecule has 10 aromatic carbocycles. The fraction of sp³-hybridized carbons (Fsp3) is 0.107. The van der Waals surface area contributed by atoms with E-state index in [-0.39, 0.29) is 37.6 Å². The maximum atomic E-state index is 16.4. The molecule has 476 valence electrons. The van der Waals surface area contributed by atoms with Crippen LogP contribution in [0.15, 0.2) is 231 Å². The summed E-state index contributed by atoms with van der Waals surface area (Å²) in [6.07, 6.45) is 5.29. The van der Waals surface area contributed by atoms with Gasteiger partial charge in [0, 0.05) is 35.3 Å². The Bertz CT molecular complexity index is 4940. The molecule has 5 nitrogen and oxygen atoms in total. The first-order valence-electron chi connectivity index (χ1n) is 31.4. The topological polar surface area (TPSA) is 57.1 Å². The van der Waals surface area contributed by atoms with Crippen molar-refractivity contribution in [2.24, 2.45) is 0 Å². The maximum Gasteiger partial charge on any atom is 3.00 e. The van der Waals surface area contributed by atoms with Crippen LogP contribution in [0.25, 0.3) is 134 Å². The minimum absolute atomic E-state index is 0. The van der Waals surface area contributed by atoms with Gasteiger partial charge in [-0.25, -0.2) is 26.3 Å². The summed E-state index contributed by atoms with van der Waals surface area (Å²) in [6.45, 7) is 13.8. The molecular weight excluding hydrogens is 1400 g/mol. The van der Waals surface area contributed by atoms with Gasteiger partial charge in [-0.2, -0.15) is 0 Å². The van der Waals surface area contributed by atoms with Gasteiger partial charge >= 0.3 is 27.2 Å². The Morgan fingerprint density at radius 3 is 0.969 bits per heavy atom. The van der Waals surface area contributed by atoms with E-state index in [9.17, 15) is 13.2 Å². The largest absolute Gasteiger partial charge is 3.00 e. The molecule has 0 saturated carbocycles. The molecule has 4 heterocycles. The number of rotatable bonds is 13. The molecule has 1 aliphatic heterocycles. The molecule has 0 aliphatic carbocycles. The summed E-state index contributed by atoms with van der Waals surface area (Å²) in [5.74, 6) is -2.44. The van der Waals surface area contributed by atoms with Crippen LogP contribution in [0.2, 0.25) is 0 Å². The fourth-order valence-corrected chi connectivity index (χ4v) is 12.6. The second kappa shape index (κ2) is 26.5. The smallest absolute Gasteiger partial charge is 0.400 e. The number of hydrogen-bond donors (Lipinski definition) is 0. The predicted octanol–water partition coefficient (Wildman–Crippen LogP) is 21.3. The SMILES string of the molecule is Cc1cc(-c2[c-]cc(-c3cc(F)ccc3-c3cc(-c4ccc(F)cc4-c4c[c-]c(-c5cc(C)c(-c6ccc(F)cc6)cn5)cc4)cc(-c4ccc(F)cc4-c4c[c-]c(-c5cc(C)c(-c6ccc(F)cc6)cn5)cc4B4OC(C)(C)C(C)(C)O4)c3)cc2)ncc1-c1ccc(F)cc1.[Ir+3]. The van der Waals surface area contributed by atoms with Crippen LogP contribution in [0.4, 0.5) is 26.3 Å². The molecule has 0 amide bonds. The molecule has 0 bridgehead atoms. The number of nitrogens with zero attached hydrogens (tertiary/aromatic N) is 3. The van der Waals surface area contributed by atoms with Crippen molar-refractivity contribution < 1.29 is 55.8 Å². The molecule has 1 aliphatic rings. The van der Waals surface area contributed by atoms with Gasteiger partial charge in [0.1, 0.15) is 34.9 Å². The maximum absolute atomic E-state index is 16.4. The number of benzene rings is 10.